The molecule has 0 saturated carbocycles. The summed E-state index contributed by atoms with van der Waals surface area (Å²) in [5.74, 6) is 0.965. The summed E-state index contributed by atoms with van der Waals surface area (Å²) >= 11 is 0. The predicted molar refractivity (Wildman–Crippen MR) is 77.0 cm³/mol. The van der Waals surface area contributed by atoms with E-state index in [0.717, 1.165) is 31.7 Å². The molecule has 0 saturated heterocycles. The monoisotopic (exact) mass is 243 g/mol. The molecule has 18 heavy (non-hydrogen) atoms. The molecule has 96 valence electrons. The summed E-state index contributed by atoms with van der Waals surface area (Å²) in [5.41, 5.74) is 5.46. The van der Waals surface area contributed by atoms with E-state index < -0.39 is 0 Å². The number of rotatable bonds is 7. The lowest BCUT2D eigenvalue weighted by Crippen LogP contribution is -2.00. The molecule has 0 aliphatic rings. The lowest BCUT2D eigenvalue weighted by molar-refractivity contribution is 0.305. The van der Waals surface area contributed by atoms with Crippen LogP contribution in [0, 0.1) is 0 Å². The highest BCUT2D eigenvalue weighted by atomic mass is 16.5. The molecule has 0 spiro atoms. The van der Waals surface area contributed by atoms with Gasteiger partial charge in [0, 0.05) is 0 Å². The molecular formula is C16H21NO. The topological polar surface area (TPSA) is 35.2 Å². The van der Waals surface area contributed by atoms with Gasteiger partial charge in [0.05, 0.1) is 6.61 Å². The third kappa shape index (κ3) is 3.74. The van der Waals surface area contributed by atoms with Gasteiger partial charge in [0.15, 0.2) is 0 Å². The van der Waals surface area contributed by atoms with Crippen LogP contribution in [0.15, 0.2) is 42.5 Å². The highest BCUT2D eigenvalue weighted by Gasteiger charge is 1.97. The van der Waals surface area contributed by atoms with Gasteiger partial charge in [0.25, 0.3) is 0 Å². The maximum atomic E-state index is 5.76. The predicted octanol–water partition coefficient (Wildman–Crippen LogP) is 3.74. The van der Waals surface area contributed by atoms with Crippen LogP contribution in [0.25, 0.3) is 10.8 Å². The number of nitrogens with two attached hydrogens (primary N) is 1. The number of hydrogen-bond donors (Lipinski definition) is 1. The molecule has 2 aromatic carbocycles. The highest BCUT2D eigenvalue weighted by Crippen LogP contribution is 2.20. The lowest BCUT2D eigenvalue weighted by Gasteiger charge is -2.07. The van der Waals surface area contributed by atoms with Crippen LogP contribution in [0.4, 0.5) is 0 Å². The van der Waals surface area contributed by atoms with Gasteiger partial charge in [0.1, 0.15) is 5.75 Å². The fourth-order valence-corrected chi connectivity index (χ4v) is 2.05. The normalized spacial score (nSPS) is 10.7. The quantitative estimate of drug-likeness (QED) is 0.752. The van der Waals surface area contributed by atoms with Crippen molar-refractivity contribution in [2.45, 2.75) is 25.7 Å². The first-order valence-electron chi connectivity index (χ1n) is 6.72. The van der Waals surface area contributed by atoms with Crippen molar-refractivity contribution in [3.8, 4) is 5.75 Å². The van der Waals surface area contributed by atoms with Crippen molar-refractivity contribution < 1.29 is 4.74 Å². The summed E-state index contributed by atoms with van der Waals surface area (Å²) in [7, 11) is 0. The van der Waals surface area contributed by atoms with Gasteiger partial charge >= 0.3 is 0 Å². The fourth-order valence-electron chi connectivity index (χ4n) is 2.05. The second kappa shape index (κ2) is 7.02. The Bertz CT molecular complexity index is 481. The van der Waals surface area contributed by atoms with E-state index in [4.69, 9.17) is 10.5 Å². The van der Waals surface area contributed by atoms with Gasteiger partial charge in [-0.05, 0) is 42.3 Å². The zero-order valence-electron chi connectivity index (χ0n) is 10.8. The molecule has 2 N–H and O–H groups in total. The van der Waals surface area contributed by atoms with E-state index in [9.17, 15) is 0 Å². The molecule has 2 nitrogen and oxygen atoms in total. The highest BCUT2D eigenvalue weighted by molar-refractivity contribution is 5.83. The minimum absolute atomic E-state index is 0.795. The summed E-state index contributed by atoms with van der Waals surface area (Å²) in [4.78, 5) is 0. The second-order valence-electron chi connectivity index (χ2n) is 4.56. The molecule has 0 bridgehead atoms. The minimum Gasteiger partial charge on any atom is -0.494 e. The summed E-state index contributed by atoms with van der Waals surface area (Å²) < 4.78 is 5.76. The van der Waals surface area contributed by atoms with Crippen LogP contribution in [0.2, 0.25) is 0 Å². The maximum Gasteiger partial charge on any atom is 0.119 e. The molecule has 2 rings (SSSR count). The number of unbranched alkanes of at least 4 members (excludes halogenated alkanes) is 3. The van der Waals surface area contributed by atoms with E-state index in [1.54, 1.807) is 0 Å². The second-order valence-corrected chi connectivity index (χ2v) is 4.56. The van der Waals surface area contributed by atoms with Crippen LogP contribution >= 0.6 is 0 Å². The Morgan fingerprint density at radius 2 is 1.61 bits per heavy atom. The summed E-state index contributed by atoms with van der Waals surface area (Å²) in [6, 6.07) is 14.6. The zero-order valence-corrected chi connectivity index (χ0v) is 10.8. The fraction of sp³-hybridized carbons (Fsp3) is 0.375. The largest absolute Gasteiger partial charge is 0.494 e. The van der Waals surface area contributed by atoms with E-state index >= 15 is 0 Å². The molecule has 2 heteroatoms. The molecule has 0 atom stereocenters. The number of fused-ring (bicyclic) bond motifs is 1. The first kappa shape index (κ1) is 12.9. The molecule has 0 fully saturated rings. The van der Waals surface area contributed by atoms with E-state index in [1.165, 1.54) is 23.6 Å². The molecule has 0 unspecified atom stereocenters. The van der Waals surface area contributed by atoms with Gasteiger partial charge in [-0.1, -0.05) is 43.2 Å². The van der Waals surface area contributed by atoms with Gasteiger partial charge in [-0.2, -0.15) is 0 Å². The third-order valence-corrected chi connectivity index (χ3v) is 3.09. The minimum atomic E-state index is 0.795. The van der Waals surface area contributed by atoms with Crippen molar-refractivity contribution in [3.05, 3.63) is 42.5 Å². The Hall–Kier alpha value is -1.54. The van der Waals surface area contributed by atoms with Gasteiger partial charge in [-0.25, -0.2) is 0 Å². The number of hydrogen-bond acceptors (Lipinski definition) is 2. The zero-order chi connectivity index (χ0) is 12.6. The lowest BCUT2D eigenvalue weighted by atomic mass is 10.1. The van der Waals surface area contributed by atoms with Crippen molar-refractivity contribution in [1.29, 1.82) is 0 Å². The van der Waals surface area contributed by atoms with Crippen LogP contribution in [0.3, 0.4) is 0 Å². The van der Waals surface area contributed by atoms with Crippen LogP contribution in [0.1, 0.15) is 25.7 Å². The van der Waals surface area contributed by atoms with Gasteiger partial charge < -0.3 is 10.5 Å². The molecule has 0 aliphatic heterocycles. The Morgan fingerprint density at radius 1 is 0.833 bits per heavy atom. The third-order valence-electron chi connectivity index (χ3n) is 3.09. The van der Waals surface area contributed by atoms with Gasteiger partial charge in [-0.3, -0.25) is 0 Å². The smallest absolute Gasteiger partial charge is 0.119 e. The molecule has 0 heterocycles. The summed E-state index contributed by atoms with van der Waals surface area (Å²) in [6.07, 6.45) is 4.63. The molecule has 2 aromatic rings. The van der Waals surface area contributed by atoms with Crippen molar-refractivity contribution >= 4 is 10.8 Å². The van der Waals surface area contributed by atoms with Crippen LogP contribution in [-0.4, -0.2) is 13.2 Å². The molecule has 0 radical (unpaired) electrons. The van der Waals surface area contributed by atoms with Crippen LogP contribution in [0.5, 0.6) is 5.75 Å². The van der Waals surface area contributed by atoms with Crippen molar-refractivity contribution in [2.75, 3.05) is 13.2 Å². The molecule has 0 aromatic heterocycles. The summed E-state index contributed by atoms with van der Waals surface area (Å²) in [6.45, 7) is 1.59. The Kier molecular flexibility index (Phi) is 5.03. The van der Waals surface area contributed by atoms with E-state index in [-0.39, 0.29) is 0 Å². The van der Waals surface area contributed by atoms with E-state index in [2.05, 4.69) is 36.4 Å². The average Bonchev–Trinajstić information content (AvgIpc) is 2.42. The Morgan fingerprint density at radius 3 is 2.44 bits per heavy atom. The van der Waals surface area contributed by atoms with Crippen LogP contribution < -0.4 is 10.5 Å². The van der Waals surface area contributed by atoms with E-state index in [1.807, 2.05) is 6.07 Å². The Balaban J connectivity index is 1.81. The maximum absolute atomic E-state index is 5.76. The first-order chi connectivity index (χ1) is 8.90. The SMILES string of the molecule is NCCCCCCOc1ccc2ccccc2c1. The van der Waals surface area contributed by atoms with Gasteiger partial charge in [0.2, 0.25) is 0 Å². The summed E-state index contributed by atoms with van der Waals surface area (Å²) in [5, 5.41) is 2.49. The van der Waals surface area contributed by atoms with Crippen LogP contribution in [-0.2, 0) is 0 Å². The number of ether oxygens (including phenoxy) is 1. The molecule has 0 amide bonds. The van der Waals surface area contributed by atoms with Crippen molar-refractivity contribution in [2.24, 2.45) is 5.73 Å². The van der Waals surface area contributed by atoms with Crippen molar-refractivity contribution in [3.63, 3.8) is 0 Å². The average molecular weight is 243 g/mol. The van der Waals surface area contributed by atoms with E-state index in [0.29, 0.717) is 0 Å². The Labute approximate surface area is 109 Å². The molecular weight excluding hydrogens is 222 g/mol. The first-order valence-corrected chi connectivity index (χ1v) is 6.72. The standard InChI is InChI=1S/C16H21NO/c17-11-5-1-2-6-12-18-16-10-9-14-7-3-4-8-15(14)13-16/h3-4,7-10,13H,1-2,5-6,11-12,17H2. The van der Waals surface area contributed by atoms with Crippen molar-refractivity contribution in [1.82, 2.24) is 0 Å². The van der Waals surface area contributed by atoms with Gasteiger partial charge in [-0.15, -0.1) is 0 Å². The number of benzene rings is 2. The molecule has 0 aliphatic carbocycles.